The van der Waals surface area contributed by atoms with E-state index < -0.39 is 0 Å². The van der Waals surface area contributed by atoms with Gasteiger partial charge in [-0.25, -0.2) is 0 Å². The molecule has 2 aromatic rings. The van der Waals surface area contributed by atoms with E-state index in [-0.39, 0.29) is 23.6 Å². The summed E-state index contributed by atoms with van der Waals surface area (Å²) in [7, 11) is 0. The third-order valence-electron chi connectivity index (χ3n) is 6.11. The van der Waals surface area contributed by atoms with Crippen molar-refractivity contribution in [1.82, 2.24) is 9.47 Å². The predicted molar refractivity (Wildman–Crippen MR) is 121 cm³/mol. The number of benzene rings is 1. The minimum absolute atomic E-state index is 0.0461. The zero-order valence-corrected chi connectivity index (χ0v) is 18.4. The van der Waals surface area contributed by atoms with E-state index in [1.54, 1.807) is 10.6 Å². The Morgan fingerprint density at radius 1 is 0.903 bits per heavy atom. The van der Waals surface area contributed by atoms with Crippen LogP contribution in [0.15, 0.2) is 30.4 Å². The fourth-order valence-corrected chi connectivity index (χ4v) is 4.56. The number of nitrogens with zero attached hydrogens (tertiary/aromatic N) is 3. The molecule has 0 saturated carbocycles. The van der Waals surface area contributed by atoms with Gasteiger partial charge in [-0.15, -0.1) is 0 Å². The fraction of sp³-hybridized carbons (Fsp3) is 0.500. The summed E-state index contributed by atoms with van der Waals surface area (Å²) in [4.78, 5) is 4.58. The second-order valence-electron chi connectivity index (χ2n) is 8.61. The molecule has 0 bridgehead atoms. The van der Waals surface area contributed by atoms with Gasteiger partial charge in [-0.1, -0.05) is 18.2 Å². The monoisotopic (exact) mass is 427 g/mol. The first-order chi connectivity index (χ1) is 15.0. The average molecular weight is 428 g/mol. The molecule has 2 aliphatic rings. The lowest BCUT2D eigenvalue weighted by Gasteiger charge is -2.37. The van der Waals surface area contributed by atoms with Crippen LogP contribution in [0.2, 0.25) is 0 Å². The summed E-state index contributed by atoms with van der Waals surface area (Å²) >= 11 is 0. The number of hydrogen-bond acceptors (Lipinski definition) is 6. The Hall–Kier alpha value is -2.80. The number of piperazine rings is 1. The molecule has 1 fully saturated rings. The highest BCUT2D eigenvalue weighted by Crippen LogP contribution is 2.39. The minimum atomic E-state index is 0.0461. The summed E-state index contributed by atoms with van der Waals surface area (Å²) in [5.41, 5.74) is 2.49. The molecule has 1 aromatic carbocycles. The molecule has 31 heavy (non-hydrogen) atoms. The third kappa shape index (κ3) is 4.46. The van der Waals surface area contributed by atoms with E-state index in [0.717, 1.165) is 61.7 Å². The lowest BCUT2D eigenvalue weighted by Crippen LogP contribution is -2.46. The quantitative estimate of drug-likeness (QED) is 0.589. The Bertz CT molecular complexity index is 911. The van der Waals surface area contributed by atoms with Gasteiger partial charge in [-0.2, -0.15) is 0 Å². The van der Waals surface area contributed by atoms with E-state index in [4.69, 9.17) is 4.74 Å². The van der Waals surface area contributed by atoms with Crippen LogP contribution >= 0.6 is 0 Å². The highest BCUT2D eigenvalue weighted by molar-refractivity contribution is 5.67. The molecule has 0 unspecified atom stereocenters. The highest BCUT2D eigenvalue weighted by Gasteiger charge is 2.24. The van der Waals surface area contributed by atoms with Crippen molar-refractivity contribution in [2.75, 3.05) is 37.6 Å². The van der Waals surface area contributed by atoms with Crippen molar-refractivity contribution in [2.24, 2.45) is 0 Å². The first-order valence-corrected chi connectivity index (χ1v) is 11.2. The van der Waals surface area contributed by atoms with Crippen LogP contribution in [0.1, 0.15) is 31.4 Å². The second-order valence-corrected chi connectivity index (χ2v) is 8.61. The van der Waals surface area contributed by atoms with Gasteiger partial charge in [-0.3, -0.25) is 9.47 Å². The van der Waals surface area contributed by atoms with E-state index in [1.807, 2.05) is 38.1 Å². The highest BCUT2D eigenvalue weighted by atomic mass is 16.5. The van der Waals surface area contributed by atoms with Crippen molar-refractivity contribution in [3.63, 3.8) is 0 Å². The van der Waals surface area contributed by atoms with Crippen molar-refractivity contribution in [1.29, 1.82) is 0 Å². The number of rotatable bonds is 7. The standard InChI is InChI=1S/C24H33N3O4/c1-17(2)31-21-10-5-9-20(28)22(21)26-15-13-25(14-16-26)11-6-12-27-23(29)18-7-3-4-8-19(18)24(27)30/h3-5,9-10,17,28-30H,6-8,11-16H2,1-2H3. The van der Waals surface area contributed by atoms with Gasteiger partial charge in [0.25, 0.3) is 0 Å². The molecule has 1 aromatic heterocycles. The topological polar surface area (TPSA) is 81.3 Å². The molecule has 1 saturated heterocycles. The van der Waals surface area contributed by atoms with Gasteiger partial charge in [0.15, 0.2) is 11.8 Å². The summed E-state index contributed by atoms with van der Waals surface area (Å²) in [5.74, 6) is 1.39. The van der Waals surface area contributed by atoms with E-state index >= 15 is 0 Å². The van der Waals surface area contributed by atoms with Gasteiger partial charge in [0.2, 0.25) is 0 Å². The van der Waals surface area contributed by atoms with Crippen molar-refractivity contribution >= 4 is 5.69 Å². The van der Waals surface area contributed by atoms with E-state index in [0.29, 0.717) is 19.4 Å². The SMILES string of the molecule is CC(C)Oc1cccc(O)c1N1CCN(CCCn2c(O)c3c(c2O)CC=CC3)CC1. The lowest BCUT2D eigenvalue weighted by atomic mass is 10.0. The van der Waals surface area contributed by atoms with Gasteiger partial charge >= 0.3 is 0 Å². The van der Waals surface area contributed by atoms with Crippen molar-refractivity contribution in [2.45, 2.75) is 45.8 Å². The lowest BCUT2D eigenvalue weighted by molar-refractivity contribution is 0.233. The summed E-state index contributed by atoms with van der Waals surface area (Å²) in [5, 5.41) is 31.4. The summed E-state index contributed by atoms with van der Waals surface area (Å²) in [6.07, 6.45) is 6.32. The van der Waals surface area contributed by atoms with Crippen molar-refractivity contribution < 1.29 is 20.1 Å². The normalized spacial score (nSPS) is 16.7. The van der Waals surface area contributed by atoms with Gasteiger partial charge in [0.05, 0.1) is 6.10 Å². The molecule has 0 spiro atoms. The summed E-state index contributed by atoms with van der Waals surface area (Å²) < 4.78 is 7.55. The molecule has 1 aliphatic heterocycles. The molecular weight excluding hydrogens is 394 g/mol. The van der Waals surface area contributed by atoms with Crippen LogP contribution in [0.5, 0.6) is 23.3 Å². The Labute approximate surface area is 183 Å². The molecule has 7 heteroatoms. The Kier molecular flexibility index (Phi) is 6.32. The van der Waals surface area contributed by atoms with Crippen LogP contribution in [0.4, 0.5) is 5.69 Å². The number of hydrogen-bond donors (Lipinski definition) is 3. The zero-order valence-electron chi connectivity index (χ0n) is 18.4. The van der Waals surface area contributed by atoms with Crippen LogP contribution < -0.4 is 9.64 Å². The van der Waals surface area contributed by atoms with Gasteiger partial charge in [0, 0.05) is 43.9 Å². The minimum Gasteiger partial charge on any atom is -0.506 e. The number of ether oxygens (including phenoxy) is 1. The summed E-state index contributed by atoms with van der Waals surface area (Å²) in [6, 6.07) is 5.43. The van der Waals surface area contributed by atoms with Gasteiger partial charge in [0.1, 0.15) is 17.2 Å². The second kappa shape index (κ2) is 9.14. The molecule has 4 rings (SSSR count). The maximum absolute atomic E-state index is 10.5. The first-order valence-electron chi connectivity index (χ1n) is 11.2. The fourth-order valence-electron chi connectivity index (χ4n) is 4.56. The Balaban J connectivity index is 1.32. The number of fused-ring (bicyclic) bond motifs is 1. The van der Waals surface area contributed by atoms with Crippen LogP contribution in [0.3, 0.4) is 0 Å². The van der Waals surface area contributed by atoms with E-state index in [2.05, 4.69) is 9.80 Å². The molecule has 2 heterocycles. The van der Waals surface area contributed by atoms with Crippen molar-refractivity contribution in [3.05, 3.63) is 41.5 Å². The zero-order chi connectivity index (χ0) is 22.0. The molecule has 7 nitrogen and oxygen atoms in total. The van der Waals surface area contributed by atoms with Crippen LogP contribution in [0, 0.1) is 0 Å². The van der Waals surface area contributed by atoms with Crippen LogP contribution in [-0.4, -0.2) is 63.6 Å². The number of phenols is 1. The molecule has 0 amide bonds. The smallest absolute Gasteiger partial charge is 0.197 e. The number of phenolic OH excluding ortho intramolecular Hbond substituents is 1. The summed E-state index contributed by atoms with van der Waals surface area (Å²) in [6.45, 7) is 8.86. The molecule has 1 aliphatic carbocycles. The Morgan fingerprint density at radius 2 is 1.55 bits per heavy atom. The first kappa shape index (κ1) is 21.4. The molecule has 0 radical (unpaired) electrons. The molecular formula is C24H33N3O4. The maximum Gasteiger partial charge on any atom is 0.197 e. The van der Waals surface area contributed by atoms with Gasteiger partial charge in [-0.05, 0) is 51.8 Å². The predicted octanol–water partition coefficient (Wildman–Crippen LogP) is 3.26. The van der Waals surface area contributed by atoms with Gasteiger partial charge < -0.3 is 25.0 Å². The number of allylic oxidation sites excluding steroid dienone is 2. The van der Waals surface area contributed by atoms with Crippen LogP contribution in [-0.2, 0) is 19.4 Å². The van der Waals surface area contributed by atoms with E-state index in [9.17, 15) is 15.3 Å². The number of aromatic hydroxyl groups is 3. The van der Waals surface area contributed by atoms with Crippen LogP contribution in [0.25, 0.3) is 0 Å². The molecule has 0 atom stereocenters. The molecule has 3 N–H and O–H groups in total. The van der Waals surface area contributed by atoms with E-state index in [1.165, 1.54) is 0 Å². The molecule has 168 valence electrons. The Morgan fingerprint density at radius 3 is 2.16 bits per heavy atom. The number of anilines is 1. The largest absolute Gasteiger partial charge is 0.506 e. The number of para-hydroxylation sites is 1. The van der Waals surface area contributed by atoms with Crippen molar-refractivity contribution in [3.8, 4) is 23.3 Å². The average Bonchev–Trinajstić information content (AvgIpc) is 2.99. The third-order valence-corrected chi connectivity index (χ3v) is 6.11. The maximum atomic E-state index is 10.5. The number of aromatic nitrogens is 1.